The van der Waals surface area contributed by atoms with E-state index in [1.165, 1.54) is 22.3 Å². The number of anilines is 1. The molecule has 4 rings (SSSR count). The average molecular weight is 409 g/mol. The van der Waals surface area contributed by atoms with Crippen molar-refractivity contribution in [3.8, 4) is 0 Å². The monoisotopic (exact) mass is 408 g/mol. The molecule has 1 heterocycles. The van der Waals surface area contributed by atoms with Crippen LogP contribution in [0.2, 0.25) is 0 Å². The summed E-state index contributed by atoms with van der Waals surface area (Å²) in [4.78, 5) is 10.9. The number of aryl methyl sites for hydroxylation is 1. The highest BCUT2D eigenvalue weighted by atomic mass is 15.1. The van der Waals surface area contributed by atoms with Crippen LogP contribution in [0.4, 0.5) is 11.4 Å². The van der Waals surface area contributed by atoms with Gasteiger partial charge in [0.2, 0.25) is 0 Å². The molecular weight excluding hydrogens is 380 g/mol. The summed E-state index contributed by atoms with van der Waals surface area (Å²) in [5, 5.41) is 0. The number of aromatic nitrogens is 2. The third-order valence-corrected chi connectivity index (χ3v) is 5.94. The van der Waals surface area contributed by atoms with Crippen molar-refractivity contribution in [1.82, 2.24) is 9.55 Å². The van der Waals surface area contributed by atoms with Crippen LogP contribution in [0, 0.1) is 6.92 Å². The first kappa shape index (κ1) is 20.6. The van der Waals surface area contributed by atoms with Gasteiger partial charge in [0.05, 0.1) is 29.8 Å². The Balaban J connectivity index is 1.79. The molecule has 4 heteroatoms. The van der Waals surface area contributed by atoms with E-state index in [4.69, 9.17) is 0 Å². The van der Waals surface area contributed by atoms with Crippen LogP contribution in [0.3, 0.4) is 0 Å². The van der Waals surface area contributed by atoms with Crippen LogP contribution in [0.15, 0.2) is 96.5 Å². The zero-order chi connectivity index (χ0) is 21.8. The van der Waals surface area contributed by atoms with Gasteiger partial charge in [-0.3, -0.25) is 4.99 Å². The van der Waals surface area contributed by atoms with Gasteiger partial charge in [-0.25, -0.2) is 4.98 Å². The minimum Gasteiger partial charge on any atom is -0.366 e. The largest absolute Gasteiger partial charge is 0.366 e. The number of hydrogen-bond acceptors (Lipinski definition) is 3. The van der Waals surface area contributed by atoms with E-state index in [0.29, 0.717) is 0 Å². The van der Waals surface area contributed by atoms with E-state index in [0.717, 1.165) is 11.4 Å². The van der Waals surface area contributed by atoms with Gasteiger partial charge in [-0.05, 0) is 49.4 Å². The molecular formula is C27H28N4. The Labute approximate surface area is 184 Å². The molecule has 0 saturated carbocycles. The highest BCUT2D eigenvalue weighted by Crippen LogP contribution is 2.37. The van der Waals surface area contributed by atoms with Crippen molar-refractivity contribution in [2.45, 2.75) is 25.9 Å². The predicted molar refractivity (Wildman–Crippen MR) is 130 cm³/mol. The smallest absolute Gasteiger partial charge is 0.0954 e. The number of aliphatic imine (C=N–C) groups is 1. The Kier molecular flexibility index (Phi) is 5.99. The van der Waals surface area contributed by atoms with Crippen molar-refractivity contribution in [1.29, 1.82) is 0 Å². The van der Waals surface area contributed by atoms with Gasteiger partial charge < -0.3 is 9.47 Å². The van der Waals surface area contributed by atoms with Gasteiger partial charge in [-0.1, -0.05) is 66.2 Å². The lowest BCUT2D eigenvalue weighted by Gasteiger charge is -2.30. The van der Waals surface area contributed by atoms with Crippen molar-refractivity contribution in [2.75, 3.05) is 11.9 Å². The second-order valence-electron chi connectivity index (χ2n) is 7.93. The second kappa shape index (κ2) is 9.00. The molecule has 0 N–H and O–H groups in total. The molecule has 0 saturated heterocycles. The van der Waals surface area contributed by atoms with Crippen LogP contribution in [-0.4, -0.2) is 23.3 Å². The summed E-state index contributed by atoms with van der Waals surface area (Å²) in [6.07, 6.45) is 5.71. The summed E-state index contributed by atoms with van der Waals surface area (Å²) in [5.74, 6) is 0. The van der Waals surface area contributed by atoms with E-state index in [1.54, 1.807) is 0 Å². The summed E-state index contributed by atoms with van der Waals surface area (Å²) < 4.78 is 2.14. The molecule has 2 unspecified atom stereocenters. The quantitative estimate of drug-likeness (QED) is 0.333. The molecule has 4 aromatic rings. The normalized spacial score (nSPS) is 12.9. The van der Waals surface area contributed by atoms with Gasteiger partial charge in [-0.15, -0.1) is 0 Å². The van der Waals surface area contributed by atoms with Crippen LogP contribution in [0.1, 0.15) is 41.3 Å². The highest BCUT2D eigenvalue weighted by Gasteiger charge is 2.20. The Hall–Kier alpha value is -3.66. The fourth-order valence-corrected chi connectivity index (χ4v) is 4.00. The topological polar surface area (TPSA) is 33.4 Å². The third kappa shape index (κ3) is 4.29. The number of hydrogen-bond donors (Lipinski definition) is 0. The minimum atomic E-state index is 0.0288. The van der Waals surface area contributed by atoms with Crippen LogP contribution in [-0.2, 0) is 0 Å². The summed E-state index contributed by atoms with van der Waals surface area (Å²) in [5.41, 5.74) is 6.83. The molecule has 0 bridgehead atoms. The van der Waals surface area contributed by atoms with E-state index in [1.807, 2.05) is 24.8 Å². The van der Waals surface area contributed by atoms with Gasteiger partial charge >= 0.3 is 0 Å². The highest BCUT2D eigenvalue weighted by molar-refractivity contribution is 5.71. The summed E-state index contributed by atoms with van der Waals surface area (Å²) in [6, 6.07) is 25.9. The maximum absolute atomic E-state index is 4.30. The molecule has 4 nitrogen and oxygen atoms in total. The van der Waals surface area contributed by atoms with E-state index < -0.39 is 0 Å². The van der Waals surface area contributed by atoms with Crippen LogP contribution < -0.4 is 4.90 Å². The third-order valence-electron chi connectivity index (χ3n) is 5.94. The molecule has 3 aromatic carbocycles. The Bertz CT molecular complexity index is 1130. The standard InChI is InChI=1S/C27H28N4/c1-20-10-12-23(13-11-20)27(31-17-16-29-19-31)24-14-15-25(28-3)26(18-24)30(4)21(2)22-8-6-5-7-9-22/h5-19,21,27H,3H2,1-2,4H3. The molecule has 0 aliphatic rings. The molecule has 0 aliphatic carbocycles. The van der Waals surface area contributed by atoms with Crippen molar-refractivity contribution in [3.63, 3.8) is 0 Å². The second-order valence-corrected chi connectivity index (χ2v) is 7.93. The lowest BCUT2D eigenvalue weighted by molar-refractivity contribution is 0.674. The predicted octanol–water partition coefficient (Wildman–Crippen LogP) is 6.36. The van der Waals surface area contributed by atoms with Gasteiger partial charge in [0.15, 0.2) is 0 Å². The molecule has 0 spiro atoms. The SMILES string of the molecule is C=Nc1ccc(C(c2ccc(C)cc2)n2ccnc2)cc1N(C)C(C)c1ccccc1. The molecule has 2 atom stereocenters. The molecule has 0 amide bonds. The van der Waals surface area contributed by atoms with Crippen molar-refractivity contribution >= 4 is 18.1 Å². The number of imidazole rings is 1. The number of rotatable bonds is 7. The van der Waals surface area contributed by atoms with Crippen molar-refractivity contribution < 1.29 is 0 Å². The van der Waals surface area contributed by atoms with Gasteiger partial charge in [0, 0.05) is 19.4 Å². The van der Waals surface area contributed by atoms with Crippen LogP contribution >= 0.6 is 0 Å². The van der Waals surface area contributed by atoms with Gasteiger partial charge in [-0.2, -0.15) is 0 Å². The number of benzene rings is 3. The first-order valence-electron chi connectivity index (χ1n) is 10.5. The van der Waals surface area contributed by atoms with Crippen molar-refractivity contribution in [3.05, 3.63) is 114 Å². The molecule has 31 heavy (non-hydrogen) atoms. The first-order valence-corrected chi connectivity index (χ1v) is 10.5. The van der Waals surface area contributed by atoms with Gasteiger partial charge in [0.1, 0.15) is 0 Å². The molecule has 0 radical (unpaired) electrons. The molecule has 1 aromatic heterocycles. The Morgan fingerprint density at radius 3 is 2.29 bits per heavy atom. The Morgan fingerprint density at radius 1 is 0.935 bits per heavy atom. The lowest BCUT2D eigenvalue weighted by atomic mass is 9.96. The minimum absolute atomic E-state index is 0.0288. The van der Waals surface area contributed by atoms with E-state index >= 15 is 0 Å². The van der Waals surface area contributed by atoms with Crippen LogP contribution in [0.25, 0.3) is 0 Å². The van der Waals surface area contributed by atoms with E-state index in [9.17, 15) is 0 Å². The first-order chi connectivity index (χ1) is 15.1. The summed E-state index contributed by atoms with van der Waals surface area (Å²) in [6.45, 7) is 8.13. The fraction of sp³-hybridized carbons (Fsp3) is 0.185. The van der Waals surface area contributed by atoms with Crippen LogP contribution in [0.5, 0.6) is 0 Å². The van der Waals surface area contributed by atoms with E-state index in [2.05, 4.69) is 114 Å². The molecule has 0 aliphatic heterocycles. The van der Waals surface area contributed by atoms with Gasteiger partial charge in [0.25, 0.3) is 0 Å². The molecule has 0 fully saturated rings. The summed E-state index contributed by atoms with van der Waals surface area (Å²) >= 11 is 0. The number of nitrogens with zero attached hydrogens (tertiary/aromatic N) is 4. The van der Waals surface area contributed by atoms with Crippen molar-refractivity contribution in [2.24, 2.45) is 4.99 Å². The Morgan fingerprint density at radius 2 is 1.65 bits per heavy atom. The average Bonchev–Trinajstić information content (AvgIpc) is 3.34. The maximum atomic E-state index is 4.30. The zero-order valence-corrected chi connectivity index (χ0v) is 18.3. The lowest BCUT2D eigenvalue weighted by Crippen LogP contribution is -2.22. The van der Waals surface area contributed by atoms with E-state index in [-0.39, 0.29) is 12.1 Å². The maximum Gasteiger partial charge on any atom is 0.0954 e. The summed E-state index contributed by atoms with van der Waals surface area (Å²) in [7, 11) is 2.11. The molecule has 156 valence electrons. The fourth-order valence-electron chi connectivity index (χ4n) is 4.00. The zero-order valence-electron chi connectivity index (χ0n) is 18.3.